The van der Waals surface area contributed by atoms with Crippen LogP contribution in [0.1, 0.15) is 51.2 Å². The van der Waals surface area contributed by atoms with E-state index in [0.29, 0.717) is 11.4 Å². The number of rotatable bonds is 8. The Morgan fingerprint density at radius 1 is 0.857 bits per heavy atom. The molecule has 6 rings (SSSR count). The zero-order valence-corrected chi connectivity index (χ0v) is 24.3. The van der Waals surface area contributed by atoms with Gasteiger partial charge in [0.15, 0.2) is 0 Å². The van der Waals surface area contributed by atoms with Crippen molar-refractivity contribution >= 4 is 34.1 Å². The first-order chi connectivity index (χ1) is 20.4. The summed E-state index contributed by atoms with van der Waals surface area (Å²) >= 11 is 6.18. The molecule has 2 heterocycles. The molecule has 0 fully saturated rings. The van der Waals surface area contributed by atoms with Gasteiger partial charge in [0.2, 0.25) is 5.91 Å². The van der Waals surface area contributed by atoms with Crippen molar-refractivity contribution in [1.29, 1.82) is 0 Å². The zero-order chi connectivity index (χ0) is 29.2. The van der Waals surface area contributed by atoms with Gasteiger partial charge in [0.05, 0.1) is 24.1 Å². The predicted octanol–water partition coefficient (Wildman–Crippen LogP) is 7.33. The molecule has 0 aliphatic heterocycles. The fourth-order valence-electron chi connectivity index (χ4n) is 5.87. The van der Waals surface area contributed by atoms with Gasteiger partial charge in [0.25, 0.3) is 0 Å². The summed E-state index contributed by atoms with van der Waals surface area (Å²) in [7, 11) is 0. The molecule has 42 heavy (non-hydrogen) atoms. The highest BCUT2D eigenvalue weighted by Gasteiger charge is 2.26. The molecule has 6 aromatic rings. The Kier molecular flexibility index (Phi) is 7.79. The first kappa shape index (κ1) is 27.7. The van der Waals surface area contributed by atoms with Gasteiger partial charge in [-0.3, -0.25) is 9.20 Å². The summed E-state index contributed by atoms with van der Waals surface area (Å²) in [6.07, 6.45) is 0.714. The Balaban J connectivity index is 1.34. The zero-order valence-electron chi connectivity index (χ0n) is 23.6. The van der Waals surface area contributed by atoms with Gasteiger partial charge >= 0.3 is 0 Å². The molecule has 0 bridgehead atoms. The van der Waals surface area contributed by atoms with Gasteiger partial charge in [0, 0.05) is 33.8 Å². The highest BCUT2D eigenvalue weighted by molar-refractivity contribution is 6.30. The van der Waals surface area contributed by atoms with Gasteiger partial charge in [0.1, 0.15) is 5.65 Å². The Bertz CT molecular complexity index is 1860. The lowest BCUT2D eigenvalue weighted by Gasteiger charge is -2.23. The van der Waals surface area contributed by atoms with Crippen LogP contribution in [0.2, 0.25) is 5.02 Å². The summed E-state index contributed by atoms with van der Waals surface area (Å²) in [4.78, 5) is 18.7. The number of para-hydroxylation sites is 1. The average molecular weight is 574 g/mol. The number of halogens is 1. The molecule has 0 saturated carbocycles. The lowest BCUT2D eigenvalue weighted by Crippen LogP contribution is -2.35. The van der Waals surface area contributed by atoms with Crippen LogP contribution in [0.3, 0.4) is 0 Å². The van der Waals surface area contributed by atoms with Crippen LogP contribution < -0.4 is 5.32 Å². The van der Waals surface area contributed by atoms with Crippen LogP contribution in [-0.2, 0) is 11.2 Å². The fourth-order valence-corrected chi connectivity index (χ4v) is 5.99. The molecular formula is C36H32ClN3O2. The number of aliphatic hydroxyl groups is 1. The molecular weight excluding hydrogens is 542 g/mol. The molecule has 4 aromatic carbocycles. The third kappa shape index (κ3) is 5.41. The summed E-state index contributed by atoms with van der Waals surface area (Å²) in [6, 6.07) is 35.1. The van der Waals surface area contributed by atoms with Crippen molar-refractivity contribution in [2.75, 3.05) is 6.61 Å². The number of benzene rings is 4. The topological polar surface area (TPSA) is 66.6 Å². The summed E-state index contributed by atoms with van der Waals surface area (Å²) in [5.41, 5.74) is 9.14. The minimum Gasteiger partial charge on any atom is -0.394 e. The Labute approximate surface area is 250 Å². The molecule has 5 nitrogen and oxygen atoms in total. The molecule has 0 saturated heterocycles. The van der Waals surface area contributed by atoms with Gasteiger partial charge in [-0.05, 0) is 60.4 Å². The molecule has 2 N–H and O–H groups in total. The van der Waals surface area contributed by atoms with Crippen LogP contribution in [0.4, 0.5) is 0 Å². The van der Waals surface area contributed by atoms with Crippen molar-refractivity contribution in [3.8, 4) is 0 Å². The van der Waals surface area contributed by atoms with Crippen LogP contribution in [0.25, 0.3) is 16.6 Å². The van der Waals surface area contributed by atoms with Gasteiger partial charge in [-0.25, -0.2) is 4.98 Å². The quantitative estimate of drug-likeness (QED) is 0.200. The van der Waals surface area contributed by atoms with Gasteiger partial charge in [-0.1, -0.05) is 96.5 Å². The molecule has 2 atom stereocenters. The number of hydrogen-bond donors (Lipinski definition) is 2. The highest BCUT2D eigenvalue weighted by Crippen LogP contribution is 2.31. The lowest BCUT2D eigenvalue weighted by atomic mass is 9.89. The van der Waals surface area contributed by atoms with Crippen LogP contribution in [0.5, 0.6) is 0 Å². The standard InChI is InChI=1S/C36H32ClN3O2/c1-23-20-24(2)40-33-11-7-6-10-30(33)31(35(40)38-23)21-25-12-14-27(15-13-25)34(28-16-18-29(37)19-17-28)36(42)39-32(22-41)26-8-4-3-5-9-26/h3-20,32,34,41H,21-22H2,1-2H3,(H,39,42). The minimum absolute atomic E-state index is 0.187. The molecule has 0 radical (unpaired) electrons. The molecule has 0 spiro atoms. The third-order valence-corrected chi connectivity index (χ3v) is 8.12. The maximum Gasteiger partial charge on any atom is 0.232 e. The molecule has 0 aliphatic carbocycles. The lowest BCUT2D eigenvalue weighted by molar-refractivity contribution is -0.122. The Morgan fingerprint density at radius 2 is 1.50 bits per heavy atom. The van der Waals surface area contributed by atoms with Gasteiger partial charge in [-0.2, -0.15) is 0 Å². The number of hydrogen-bond acceptors (Lipinski definition) is 3. The van der Waals surface area contributed by atoms with E-state index in [9.17, 15) is 9.90 Å². The van der Waals surface area contributed by atoms with E-state index >= 15 is 0 Å². The second kappa shape index (κ2) is 11.8. The second-order valence-corrected chi connectivity index (χ2v) is 11.2. The summed E-state index contributed by atoms with van der Waals surface area (Å²) < 4.78 is 2.23. The summed E-state index contributed by atoms with van der Waals surface area (Å²) in [5.74, 6) is -0.760. The van der Waals surface area contributed by atoms with Crippen LogP contribution in [0, 0.1) is 13.8 Å². The highest BCUT2D eigenvalue weighted by atomic mass is 35.5. The average Bonchev–Trinajstić information content (AvgIpc) is 3.31. The van der Waals surface area contributed by atoms with E-state index in [2.05, 4.69) is 59.1 Å². The monoisotopic (exact) mass is 573 g/mol. The number of aryl methyl sites for hydroxylation is 2. The van der Waals surface area contributed by atoms with E-state index < -0.39 is 12.0 Å². The molecule has 210 valence electrons. The van der Waals surface area contributed by atoms with Crippen molar-refractivity contribution in [2.24, 2.45) is 0 Å². The van der Waals surface area contributed by atoms with Gasteiger partial charge < -0.3 is 10.4 Å². The maximum atomic E-state index is 13.8. The van der Waals surface area contributed by atoms with E-state index in [-0.39, 0.29) is 12.5 Å². The molecule has 2 aromatic heterocycles. The predicted molar refractivity (Wildman–Crippen MR) is 169 cm³/mol. The molecule has 0 aliphatic rings. The summed E-state index contributed by atoms with van der Waals surface area (Å²) in [6.45, 7) is 3.95. The SMILES string of the molecule is Cc1cc(C)n2c(n1)c(Cc1ccc(C(C(=O)NC(CO)c3ccccc3)c3ccc(Cl)cc3)cc1)c1ccccc12. The number of fused-ring (bicyclic) bond motifs is 3. The summed E-state index contributed by atoms with van der Waals surface area (Å²) in [5, 5.41) is 15.0. The van der Waals surface area contributed by atoms with E-state index in [1.165, 1.54) is 10.9 Å². The second-order valence-electron chi connectivity index (χ2n) is 10.8. The van der Waals surface area contributed by atoms with Crippen molar-refractivity contribution in [3.05, 3.63) is 153 Å². The first-order valence-electron chi connectivity index (χ1n) is 14.1. The van der Waals surface area contributed by atoms with Crippen molar-refractivity contribution in [2.45, 2.75) is 32.2 Å². The third-order valence-electron chi connectivity index (χ3n) is 7.87. The smallest absolute Gasteiger partial charge is 0.232 e. The van der Waals surface area contributed by atoms with E-state index in [0.717, 1.165) is 44.8 Å². The first-order valence-corrected chi connectivity index (χ1v) is 14.5. The van der Waals surface area contributed by atoms with Gasteiger partial charge in [-0.15, -0.1) is 0 Å². The molecule has 2 unspecified atom stereocenters. The number of carbonyl (C=O) groups excluding carboxylic acids is 1. The van der Waals surface area contributed by atoms with Crippen LogP contribution in [0.15, 0.2) is 109 Å². The normalized spacial score (nSPS) is 12.9. The van der Waals surface area contributed by atoms with E-state index in [1.54, 1.807) is 12.1 Å². The number of aromatic nitrogens is 2. The number of aliphatic hydroxyl groups excluding tert-OH is 1. The van der Waals surface area contributed by atoms with Crippen molar-refractivity contribution in [3.63, 3.8) is 0 Å². The largest absolute Gasteiger partial charge is 0.394 e. The Morgan fingerprint density at radius 3 is 2.19 bits per heavy atom. The number of carbonyl (C=O) groups is 1. The minimum atomic E-state index is -0.572. The van der Waals surface area contributed by atoms with Crippen molar-refractivity contribution in [1.82, 2.24) is 14.7 Å². The molecule has 1 amide bonds. The van der Waals surface area contributed by atoms with Crippen LogP contribution in [-0.4, -0.2) is 27.0 Å². The van der Waals surface area contributed by atoms with Crippen LogP contribution >= 0.6 is 11.6 Å². The number of amides is 1. The van der Waals surface area contributed by atoms with Crippen molar-refractivity contribution < 1.29 is 9.90 Å². The molecule has 6 heteroatoms. The number of nitrogens with one attached hydrogen (secondary N) is 1. The Hall–Kier alpha value is -4.45. The number of nitrogens with zero attached hydrogens (tertiary/aromatic N) is 2. The maximum absolute atomic E-state index is 13.8. The van der Waals surface area contributed by atoms with E-state index in [4.69, 9.17) is 16.6 Å². The van der Waals surface area contributed by atoms with E-state index in [1.807, 2.05) is 61.5 Å². The fraction of sp³-hybridized carbons (Fsp3) is 0.167.